The van der Waals surface area contributed by atoms with Crippen LogP contribution in [-0.4, -0.2) is 74.2 Å². The van der Waals surface area contributed by atoms with Crippen LogP contribution in [0.2, 0.25) is 0 Å². The van der Waals surface area contributed by atoms with Crippen molar-refractivity contribution in [3.05, 3.63) is 118 Å². The van der Waals surface area contributed by atoms with E-state index in [2.05, 4.69) is 96.5 Å². The fourth-order valence-electron chi connectivity index (χ4n) is 7.37. The topological polar surface area (TPSA) is 154 Å². The molecule has 4 N–H and O–H groups in total. The molecule has 56 heavy (non-hydrogen) atoms. The number of halogens is 2. The number of nitrogen functional groups attached to an aromatic ring is 1. The summed E-state index contributed by atoms with van der Waals surface area (Å²) in [5.41, 5.74) is 13.5. The third kappa shape index (κ3) is 8.28. The molecule has 2 saturated heterocycles. The molecule has 0 unspecified atom stereocenters. The first-order valence-electron chi connectivity index (χ1n) is 18.4. The van der Waals surface area contributed by atoms with E-state index in [4.69, 9.17) is 15.7 Å². The van der Waals surface area contributed by atoms with Crippen molar-refractivity contribution in [2.24, 2.45) is 0 Å². The van der Waals surface area contributed by atoms with Gasteiger partial charge in [0, 0.05) is 88.5 Å². The third-order valence-electron chi connectivity index (χ3n) is 10.00. The summed E-state index contributed by atoms with van der Waals surface area (Å²) in [6.07, 6.45) is 9.05. The van der Waals surface area contributed by atoms with Gasteiger partial charge in [0.05, 0.1) is 28.8 Å². The maximum atomic E-state index is 13.2. The van der Waals surface area contributed by atoms with Crippen LogP contribution in [0.3, 0.4) is 0 Å². The molecule has 15 heteroatoms. The number of urea groups is 1. The normalized spacial score (nSPS) is 17.0. The van der Waals surface area contributed by atoms with Gasteiger partial charge in [-0.25, -0.2) is 24.7 Å². The average Bonchev–Trinajstić information content (AvgIpc) is 3.79. The van der Waals surface area contributed by atoms with E-state index in [1.165, 1.54) is 12.1 Å². The first-order chi connectivity index (χ1) is 27.2. The van der Waals surface area contributed by atoms with Crippen LogP contribution in [0.15, 0.2) is 107 Å². The van der Waals surface area contributed by atoms with Gasteiger partial charge in [-0.3, -0.25) is 20.2 Å². The highest BCUT2D eigenvalue weighted by atomic mass is 79.9. The first kappa shape index (κ1) is 37.3. The summed E-state index contributed by atoms with van der Waals surface area (Å²) in [5, 5.41) is 6.47. The number of hydrogen-bond donors (Lipinski definition) is 3. The molecule has 6 aromatic rings. The molecule has 0 spiro atoms. The number of aryl methyl sites for hydroxylation is 2. The van der Waals surface area contributed by atoms with E-state index >= 15 is 0 Å². The number of fused-ring (bicyclic) bond motifs is 8. The number of nitrogens with zero attached hydrogens (tertiary/aromatic N) is 9. The van der Waals surface area contributed by atoms with Crippen LogP contribution in [0, 0.1) is 13.8 Å². The molecular weight excluding hydrogens is 836 g/mol. The number of aromatic nitrogens is 6. The summed E-state index contributed by atoms with van der Waals surface area (Å²) in [4.78, 5) is 45.9. The number of hydrogen-bond acceptors (Lipinski definition) is 11. The molecule has 10 heterocycles. The highest BCUT2D eigenvalue weighted by molar-refractivity contribution is 9.10. The molecule has 2 amide bonds. The summed E-state index contributed by atoms with van der Waals surface area (Å²) in [7, 11) is 0. The van der Waals surface area contributed by atoms with Crippen LogP contribution in [0.4, 0.5) is 39.4 Å². The van der Waals surface area contributed by atoms with E-state index in [-0.39, 0.29) is 12.1 Å². The largest absolute Gasteiger partial charge is 0.384 e. The van der Waals surface area contributed by atoms with E-state index in [9.17, 15) is 4.79 Å². The molecule has 13 nitrogen and oxygen atoms in total. The number of carbonyl (C=O) groups excluding carboxylic acids is 1. The van der Waals surface area contributed by atoms with Gasteiger partial charge >= 0.3 is 6.03 Å². The Morgan fingerprint density at radius 3 is 2.02 bits per heavy atom. The lowest BCUT2D eigenvalue weighted by atomic mass is 10.1. The van der Waals surface area contributed by atoms with Crippen molar-refractivity contribution in [1.29, 1.82) is 0 Å². The van der Waals surface area contributed by atoms with Crippen molar-refractivity contribution in [3.8, 4) is 22.5 Å². The number of rotatable bonds is 3. The van der Waals surface area contributed by atoms with Gasteiger partial charge in [0.1, 0.15) is 11.6 Å². The smallest absolute Gasteiger partial charge is 0.329 e. The van der Waals surface area contributed by atoms with Gasteiger partial charge in [-0.15, -0.1) is 0 Å². The number of amides is 2. The van der Waals surface area contributed by atoms with Crippen LogP contribution >= 0.6 is 31.9 Å². The zero-order valence-corrected chi connectivity index (χ0v) is 34.1. The minimum absolute atomic E-state index is 0.0941. The minimum atomic E-state index is -0.209. The lowest BCUT2D eigenvalue weighted by Crippen LogP contribution is -2.48. The SMILES string of the molecule is Cc1cc(-c2ccc3c(n2)N(C(=O)Nc2cc(Br)ccn2)[C@@H]2CCN3C2)ccn1.Cc1cc(-c2ccc3c(n2)N[C@@H]2CCN3C2)ccn1.Nc1cc(Br)ccn1. The zero-order valence-electron chi connectivity index (χ0n) is 30.9. The van der Waals surface area contributed by atoms with Gasteiger partial charge in [-0.05, 0) is 99.5 Å². The fraction of sp³-hybridized carbons (Fsp3) is 0.244. The first-order valence-corrected chi connectivity index (χ1v) is 20.0. The second-order valence-corrected chi connectivity index (χ2v) is 15.8. The second kappa shape index (κ2) is 16.2. The Morgan fingerprint density at radius 1 is 0.732 bits per heavy atom. The lowest BCUT2D eigenvalue weighted by Gasteiger charge is -2.35. The highest BCUT2D eigenvalue weighted by Crippen LogP contribution is 2.40. The van der Waals surface area contributed by atoms with E-state index in [0.29, 0.717) is 23.5 Å². The van der Waals surface area contributed by atoms with Crippen LogP contribution in [0.5, 0.6) is 0 Å². The summed E-state index contributed by atoms with van der Waals surface area (Å²) in [5.74, 6) is 2.77. The number of anilines is 6. The summed E-state index contributed by atoms with van der Waals surface area (Å²) in [6.45, 7) is 7.96. The van der Waals surface area contributed by atoms with Crippen molar-refractivity contribution in [1.82, 2.24) is 29.9 Å². The molecule has 284 valence electrons. The number of carbonyl (C=O) groups is 1. The molecule has 2 atom stereocenters. The standard InChI is InChI=1S/C21H19BrN6O.C15H16N4.C5H5BrN2/c1-13-10-14(4-7-23-13)17-2-3-18-20(25-17)28(16-6-9-27(18)12-16)21(29)26-19-11-15(22)5-8-24-19;1-10-8-11(4-6-16-10)13-2-3-14-15(18-13)17-12-5-7-19(14)9-12;6-4-1-2-8-5(7)3-4/h2-5,7-8,10-11,16H,6,9,12H2,1H3,(H,24,26,29);2-4,6,8,12H,5,7,9H2,1H3,(H,17,18);1-3H,(H2,7,8)/t16-;12-;/m11./s1. The highest BCUT2D eigenvalue weighted by Gasteiger charge is 2.40. The van der Waals surface area contributed by atoms with Crippen LogP contribution < -0.4 is 31.1 Å². The van der Waals surface area contributed by atoms with Crippen LogP contribution in [-0.2, 0) is 0 Å². The number of nitrogens with two attached hydrogens (primary N) is 1. The Bertz CT molecular complexity index is 2380. The Balaban J connectivity index is 0.000000139. The van der Waals surface area contributed by atoms with Crippen molar-refractivity contribution in [2.75, 3.05) is 57.2 Å². The zero-order chi connectivity index (χ0) is 38.8. The molecule has 0 saturated carbocycles. The maximum Gasteiger partial charge on any atom is 0.329 e. The Hall–Kier alpha value is -5.67. The third-order valence-corrected chi connectivity index (χ3v) is 11.0. The summed E-state index contributed by atoms with van der Waals surface area (Å²) in [6, 6.07) is 24.0. The van der Waals surface area contributed by atoms with E-state index in [1.807, 2.05) is 56.4 Å². The minimum Gasteiger partial charge on any atom is -0.384 e. The predicted molar refractivity (Wildman–Crippen MR) is 229 cm³/mol. The molecule has 4 bridgehead atoms. The Kier molecular flexibility index (Phi) is 10.8. The molecule has 6 aromatic heterocycles. The van der Waals surface area contributed by atoms with Gasteiger partial charge < -0.3 is 20.9 Å². The second-order valence-electron chi connectivity index (χ2n) is 14.0. The average molecular weight is 877 g/mol. The van der Waals surface area contributed by atoms with Crippen molar-refractivity contribution < 1.29 is 4.79 Å². The van der Waals surface area contributed by atoms with E-state index < -0.39 is 0 Å². The summed E-state index contributed by atoms with van der Waals surface area (Å²) < 4.78 is 1.83. The van der Waals surface area contributed by atoms with Gasteiger partial charge in [-0.1, -0.05) is 31.9 Å². The van der Waals surface area contributed by atoms with Crippen LogP contribution in [0.25, 0.3) is 22.5 Å². The summed E-state index contributed by atoms with van der Waals surface area (Å²) >= 11 is 6.66. The number of pyridine rings is 6. The monoisotopic (exact) mass is 874 g/mol. The Morgan fingerprint density at radius 2 is 1.36 bits per heavy atom. The lowest BCUT2D eigenvalue weighted by molar-refractivity contribution is 0.254. The fourth-order valence-corrected chi connectivity index (χ4v) is 8.06. The van der Waals surface area contributed by atoms with Crippen molar-refractivity contribution in [3.63, 3.8) is 0 Å². The molecule has 0 aromatic carbocycles. The molecule has 4 aliphatic heterocycles. The molecule has 4 aliphatic rings. The maximum absolute atomic E-state index is 13.2. The van der Waals surface area contributed by atoms with Crippen molar-refractivity contribution in [2.45, 2.75) is 38.8 Å². The molecule has 10 rings (SSSR count). The van der Waals surface area contributed by atoms with Gasteiger partial charge in [-0.2, -0.15) is 0 Å². The van der Waals surface area contributed by atoms with Gasteiger partial charge in [0.15, 0.2) is 11.6 Å². The van der Waals surface area contributed by atoms with Gasteiger partial charge in [0.25, 0.3) is 0 Å². The van der Waals surface area contributed by atoms with E-state index in [1.54, 1.807) is 35.6 Å². The molecule has 0 radical (unpaired) electrons. The molecule has 2 fully saturated rings. The van der Waals surface area contributed by atoms with Crippen LogP contribution in [0.1, 0.15) is 24.2 Å². The number of nitrogens with one attached hydrogen (secondary N) is 2. The van der Waals surface area contributed by atoms with E-state index in [0.717, 1.165) is 87.0 Å². The molecular formula is C41H40Br2N12O. The molecule has 0 aliphatic carbocycles. The van der Waals surface area contributed by atoms with Gasteiger partial charge in [0.2, 0.25) is 0 Å². The predicted octanol–water partition coefficient (Wildman–Crippen LogP) is 8.12. The Labute approximate surface area is 342 Å². The van der Waals surface area contributed by atoms with Crippen molar-refractivity contribution >= 4 is 72.5 Å². The quantitative estimate of drug-likeness (QED) is 0.158.